The zero-order valence-corrected chi connectivity index (χ0v) is 11.4. The van der Waals surface area contributed by atoms with Gasteiger partial charge in [-0.1, -0.05) is 0 Å². The molecular formula is C13H19N5O. The summed E-state index contributed by atoms with van der Waals surface area (Å²) in [5.74, 6) is 1.86. The number of guanidine groups is 1. The van der Waals surface area contributed by atoms with E-state index in [-0.39, 0.29) is 11.8 Å². The van der Waals surface area contributed by atoms with Gasteiger partial charge in [0.25, 0.3) is 0 Å². The maximum atomic E-state index is 11.7. The zero-order valence-electron chi connectivity index (χ0n) is 11.4. The summed E-state index contributed by atoms with van der Waals surface area (Å²) >= 11 is 0. The number of hydrogen-bond donors (Lipinski definition) is 2. The van der Waals surface area contributed by atoms with E-state index in [2.05, 4.69) is 25.5 Å². The van der Waals surface area contributed by atoms with Crippen molar-refractivity contribution in [3.05, 3.63) is 11.3 Å². The van der Waals surface area contributed by atoms with Gasteiger partial charge in [-0.3, -0.25) is 9.79 Å². The van der Waals surface area contributed by atoms with Gasteiger partial charge in [-0.2, -0.15) is 0 Å². The number of allylic oxidation sites excluding steroid dienone is 1. The van der Waals surface area contributed by atoms with Crippen molar-refractivity contribution < 1.29 is 4.79 Å². The lowest BCUT2D eigenvalue weighted by molar-refractivity contribution is -0.119. The second-order valence-corrected chi connectivity index (χ2v) is 5.16. The van der Waals surface area contributed by atoms with Crippen LogP contribution in [0.25, 0.3) is 0 Å². The largest absolute Gasteiger partial charge is 0.340 e. The predicted octanol–water partition coefficient (Wildman–Crippen LogP) is -0.115. The van der Waals surface area contributed by atoms with Gasteiger partial charge in [-0.05, 0) is 13.8 Å². The van der Waals surface area contributed by atoms with E-state index in [9.17, 15) is 4.79 Å². The van der Waals surface area contributed by atoms with Gasteiger partial charge in [0, 0.05) is 43.9 Å². The number of Topliss-reactive ketones (excluding diaryl/α,β-unsaturated/α-hetero) is 1. The van der Waals surface area contributed by atoms with Gasteiger partial charge in [0.1, 0.15) is 11.9 Å². The maximum absolute atomic E-state index is 11.7. The van der Waals surface area contributed by atoms with Crippen LogP contribution in [0.3, 0.4) is 0 Å². The van der Waals surface area contributed by atoms with Crippen molar-refractivity contribution in [1.82, 2.24) is 15.5 Å². The fourth-order valence-corrected chi connectivity index (χ4v) is 2.54. The van der Waals surface area contributed by atoms with Crippen molar-refractivity contribution in [3.63, 3.8) is 0 Å². The van der Waals surface area contributed by atoms with Crippen LogP contribution < -0.4 is 10.6 Å². The molecule has 2 N–H and O–H groups in total. The molecule has 6 nitrogen and oxygen atoms in total. The van der Waals surface area contributed by atoms with E-state index in [4.69, 9.17) is 0 Å². The molecule has 1 unspecified atom stereocenters. The Balaban J connectivity index is 1.89. The Morgan fingerprint density at radius 1 is 1.32 bits per heavy atom. The van der Waals surface area contributed by atoms with Crippen LogP contribution in [0.2, 0.25) is 0 Å². The van der Waals surface area contributed by atoms with E-state index in [1.54, 1.807) is 0 Å². The number of rotatable bonds is 0. The summed E-state index contributed by atoms with van der Waals surface area (Å²) in [7, 11) is 0. The molecule has 0 spiro atoms. The van der Waals surface area contributed by atoms with Gasteiger partial charge >= 0.3 is 0 Å². The van der Waals surface area contributed by atoms with Gasteiger partial charge in [0.2, 0.25) is 5.96 Å². The molecule has 3 aliphatic heterocycles. The fraction of sp³-hybridized carbons (Fsp3) is 0.615. The van der Waals surface area contributed by atoms with Crippen molar-refractivity contribution in [2.24, 2.45) is 9.98 Å². The number of aliphatic imine (C=N–C) groups is 2. The molecule has 3 rings (SSSR count). The van der Waals surface area contributed by atoms with Crippen LogP contribution in [-0.2, 0) is 4.79 Å². The molecule has 0 bridgehead atoms. The Bertz CT molecular complexity index is 499. The Hall–Kier alpha value is -1.69. The molecule has 3 aliphatic rings. The lowest BCUT2D eigenvalue weighted by Crippen LogP contribution is -2.54. The molecule has 0 amide bonds. The van der Waals surface area contributed by atoms with Crippen molar-refractivity contribution in [1.29, 1.82) is 0 Å². The second kappa shape index (κ2) is 4.77. The number of carbonyl (C=O) groups is 1. The summed E-state index contributed by atoms with van der Waals surface area (Å²) in [4.78, 5) is 23.0. The number of fused-ring (bicyclic) bond motifs is 1. The highest BCUT2D eigenvalue weighted by Crippen LogP contribution is 2.22. The Morgan fingerprint density at radius 2 is 2.05 bits per heavy atom. The summed E-state index contributed by atoms with van der Waals surface area (Å²) < 4.78 is 0. The third kappa shape index (κ3) is 2.28. The highest BCUT2D eigenvalue weighted by atomic mass is 16.1. The summed E-state index contributed by atoms with van der Waals surface area (Å²) in [6, 6.07) is -0.249. The second-order valence-electron chi connectivity index (χ2n) is 5.16. The van der Waals surface area contributed by atoms with Gasteiger partial charge in [0.05, 0.1) is 0 Å². The molecule has 19 heavy (non-hydrogen) atoms. The normalized spacial score (nSPS) is 27.6. The van der Waals surface area contributed by atoms with E-state index in [1.807, 2.05) is 13.8 Å². The molecule has 0 radical (unpaired) electrons. The first-order valence-electron chi connectivity index (χ1n) is 6.77. The van der Waals surface area contributed by atoms with Gasteiger partial charge < -0.3 is 15.5 Å². The van der Waals surface area contributed by atoms with Crippen molar-refractivity contribution in [2.75, 3.05) is 26.2 Å². The minimum atomic E-state index is -0.249. The number of ketones is 1. The Morgan fingerprint density at radius 3 is 2.79 bits per heavy atom. The molecule has 1 fully saturated rings. The average molecular weight is 261 g/mol. The molecule has 0 saturated carbocycles. The lowest BCUT2D eigenvalue weighted by Gasteiger charge is -2.34. The number of carbonyl (C=O) groups excluding carboxylic acids is 1. The smallest absolute Gasteiger partial charge is 0.204 e. The van der Waals surface area contributed by atoms with E-state index >= 15 is 0 Å². The molecule has 0 aromatic rings. The SMILES string of the molecule is CC1=C2CC(=O)C(C)N=C2NC(N2CCNCC2)=N1. The van der Waals surface area contributed by atoms with Crippen LogP contribution in [0.15, 0.2) is 21.3 Å². The molecular weight excluding hydrogens is 242 g/mol. The van der Waals surface area contributed by atoms with Crippen molar-refractivity contribution in [3.8, 4) is 0 Å². The molecule has 1 atom stereocenters. The third-order valence-electron chi connectivity index (χ3n) is 3.78. The van der Waals surface area contributed by atoms with Crippen molar-refractivity contribution in [2.45, 2.75) is 26.3 Å². The fourth-order valence-electron chi connectivity index (χ4n) is 2.54. The monoisotopic (exact) mass is 261 g/mol. The topological polar surface area (TPSA) is 69.1 Å². The van der Waals surface area contributed by atoms with Gasteiger partial charge in [0.15, 0.2) is 5.78 Å². The van der Waals surface area contributed by atoms with E-state index < -0.39 is 0 Å². The minimum Gasteiger partial charge on any atom is -0.340 e. The van der Waals surface area contributed by atoms with Crippen LogP contribution >= 0.6 is 0 Å². The standard InChI is InChI=1S/C13H19N5O/c1-8-10-7-11(19)9(2)15-12(10)17-13(16-8)18-5-3-14-4-6-18/h9,14H,3-7H2,1-2H3,(H,15,16,17). The van der Waals surface area contributed by atoms with Crippen LogP contribution in [0, 0.1) is 0 Å². The van der Waals surface area contributed by atoms with Crippen molar-refractivity contribution >= 4 is 17.6 Å². The molecule has 102 valence electrons. The quantitative estimate of drug-likeness (QED) is 0.638. The first-order chi connectivity index (χ1) is 9.15. The first kappa shape index (κ1) is 12.3. The van der Waals surface area contributed by atoms with Crippen LogP contribution in [0.4, 0.5) is 0 Å². The number of nitrogens with zero attached hydrogens (tertiary/aromatic N) is 3. The molecule has 6 heteroatoms. The summed E-state index contributed by atoms with van der Waals surface area (Å²) in [5.41, 5.74) is 1.85. The molecule has 1 saturated heterocycles. The van der Waals surface area contributed by atoms with E-state index in [1.165, 1.54) is 0 Å². The number of piperazine rings is 1. The van der Waals surface area contributed by atoms with Crippen LogP contribution in [-0.4, -0.2) is 54.7 Å². The molecule has 0 aliphatic carbocycles. The molecule has 0 aromatic heterocycles. The lowest BCUT2D eigenvalue weighted by atomic mass is 9.98. The third-order valence-corrected chi connectivity index (χ3v) is 3.78. The van der Waals surface area contributed by atoms with E-state index in [0.29, 0.717) is 6.42 Å². The molecule has 3 heterocycles. The van der Waals surface area contributed by atoms with Gasteiger partial charge in [-0.25, -0.2) is 4.99 Å². The maximum Gasteiger partial charge on any atom is 0.204 e. The summed E-state index contributed by atoms with van der Waals surface area (Å²) in [5, 5.41) is 6.62. The highest BCUT2D eigenvalue weighted by Gasteiger charge is 2.30. The average Bonchev–Trinajstić information content (AvgIpc) is 2.42. The Kier molecular flexibility index (Phi) is 3.10. The minimum absolute atomic E-state index is 0.167. The zero-order chi connectivity index (χ0) is 13.4. The van der Waals surface area contributed by atoms with Gasteiger partial charge in [-0.15, -0.1) is 0 Å². The highest BCUT2D eigenvalue weighted by molar-refractivity contribution is 6.15. The Labute approximate surface area is 112 Å². The van der Waals surface area contributed by atoms with Crippen LogP contribution in [0.1, 0.15) is 20.3 Å². The van der Waals surface area contributed by atoms with E-state index in [0.717, 1.165) is 49.2 Å². The number of nitrogens with one attached hydrogen (secondary N) is 2. The first-order valence-corrected chi connectivity index (χ1v) is 6.77. The summed E-state index contributed by atoms with van der Waals surface area (Å²) in [6.45, 7) is 7.62. The summed E-state index contributed by atoms with van der Waals surface area (Å²) in [6.07, 6.45) is 0.442. The molecule has 0 aromatic carbocycles. The predicted molar refractivity (Wildman–Crippen MR) is 74.2 cm³/mol. The number of amidine groups is 1. The number of hydrogen-bond acceptors (Lipinski definition) is 6. The van der Waals surface area contributed by atoms with Crippen LogP contribution in [0.5, 0.6) is 0 Å².